The average molecular weight is 310 g/mol. The highest BCUT2D eigenvalue weighted by atomic mass is 16.5. The highest BCUT2D eigenvalue weighted by molar-refractivity contribution is 6.02. The fourth-order valence-corrected chi connectivity index (χ4v) is 2.40. The number of nitrogens with zero attached hydrogens (tertiary/aromatic N) is 3. The van der Waals surface area contributed by atoms with E-state index in [9.17, 15) is 9.59 Å². The van der Waals surface area contributed by atoms with Crippen molar-refractivity contribution in [2.45, 2.75) is 18.9 Å². The monoisotopic (exact) mass is 310 g/mol. The van der Waals surface area contributed by atoms with Gasteiger partial charge in [-0.3, -0.25) is 4.79 Å². The van der Waals surface area contributed by atoms with E-state index in [4.69, 9.17) is 9.84 Å². The maximum atomic E-state index is 12.6. The number of carboxylic acids is 1. The predicted octanol–water partition coefficient (Wildman–Crippen LogP) is 0.291. The van der Waals surface area contributed by atoms with Crippen LogP contribution in [-0.2, 0) is 4.74 Å². The molecule has 22 heavy (non-hydrogen) atoms. The lowest BCUT2D eigenvalue weighted by atomic mass is 10.2. The van der Waals surface area contributed by atoms with E-state index in [0.717, 1.165) is 12.8 Å². The number of hydrogen-bond donors (Lipinski definition) is 2. The summed E-state index contributed by atoms with van der Waals surface area (Å²) in [6.45, 7) is 2.35. The molecule has 0 radical (unpaired) electrons. The Kier molecular flexibility index (Phi) is 5.51. The first kappa shape index (κ1) is 16.4. The van der Waals surface area contributed by atoms with Crippen LogP contribution in [0.2, 0.25) is 0 Å². The normalized spacial score (nSPS) is 17.9. The van der Waals surface area contributed by atoms with Crippen LogP contribution in [-0.4, -0.2) is 83.2 Å². The van der Waals surface area contributed by atoms with Crippen LogP contribution in [0.5, 0.6) is 0 Å². The number of aromatic carboxylic acids is 1. The Balaban J connectivity index is 2.12. The van der Waals surface area contributed by atoms with Crippen molar-refractivity contribution in [1.29, 1.82) is 0 Å². The van der Waals surface area contributed by atoms with Gasteiger partial charge in [0.25, 0.3) is 5.91 Å². The summed E-state index contributed by atoms with van der Waals surface area (Å²) in [7, 11) is 3.85. The molecule has 1 amide bonds. The van der Waals surface area contributed by atoms with Gasteiger partial charge in [-0.15, -0.1) is 0 Å². The number of nitrogens with one attached hydrogen (secondary N) is 1. The maximum absolute atomic E-state index is 12.6. The summed E-state index contributed by atoms with van der Waals surface area (Å²) in [6, 6.07) is 0. The molecule has 1 fully saturated rings. The van der Waals surface area contributed by atoms with E-state index < -0.39 is 5.97 Å². The molecule has 0 bridgehead atoms. The van der Waals surface area contributed by atoms with E-state index >= 15 is 0 Å². The molecule has 0 spiro atoms. The van der Waals surface area contributed by atoms with Gasteiger partial charge in [0.05, 0.1) is 12.4 Å². The first-order chi connectivity index (χ1) is 10.5. The molecular weight excluding hydrogens is 288 g/mol. The summed E-state index contributed by atoms with van der Waals surface area (Å²) < 4.78 is 5.58. The van der Waals surface area contributed by atoms with Crippen LogP contribution in [0.1, 0.15) is 33.8 Å². The molecule has 122 valence electrons. The van der Waals surface area contributed by atoms with Crippen molar-refractivity contribution in [2.24, 2.45) is 0 Å². The molecule has 8 heteroatoms. The fourth-order valence-electron chi connectivity index (χ4n) is 2.40. The van der Waals surface area contributed by atoms with Gasteiger partial charge in [0.2, 0.25) is 0 Å². The van der Waals surface area contributed by atoms with Crippen LogP contribution in [0.25, 0.3) is 0 Å². The van der Waals surface area contributed by atoms with Gasteiger partial charge in [-0.2, -0.15) is 0 Å². The third-order valence-corrected chi connectivity index (χ3v) is 3.61. The van der Waals surface area contributed by atoms with Crippen molar-refractivity contribution in [3.63, 3.8) is 0 Å². The van der Waals surface area contributed by atoms with Gasteiger partial charge in [-0.1, -0.05) is 0 Å². The molecule has 1 saturated heterocycles. The smallest absolute Gasteiger partial charge is 0.354 e. The number of amides is 1. The second-order valence-electron chi connectivity index (χ2n) is 5.62. The first-order valence-corrected chi connectivity index (χ1v) is 7.31. The lowest BCUT2D eigenvalue weighted by molar-refractivity contribution is 0.0502. The number of likely N-dealkylation sites (N-methyl/N-ethyl adjacent to an activating group) is 1. The molecule has 1 atom stereocenters. The topological polar surface area (TPSA) is 98.8 Å². The zero-order valence-electron chi connectivity index (χ0n) is 12.9. The number of carboxylic acid groups (broad SMARTS) is 1. The summed E-state index contributed by atoms with van der Waals surface area (Å²) in [5, 5.41) is 9.11. The predicted molar refractivity (Wildman–Crippen MR) is 79.0 cm³/mol. The van der Waals surface area contributed by atoms with Crippen LogP contribution in [0.4, 0.5) is 0 Å². The summed E-state index contributed by atoms with van der Waals surface area (Å²) in [5.74, 6) is -1.57. The molecular formula is C14H22N4O4. The zero-order chi connectivity index (χ0) is 16.1. The summed E-state index contributed by atoms with van der Waals surface area (Å²) in [4.78, 5) is 33.8. The van der Waals surface area contributed by atoms with Gasteiger partial charge in [0.15, 0.2) is 11.4 Å². The molecule has 0 aromatic carbocycles. The van der Waals surface area contributed by atoms with E-state index in [1.807, 2.05) is 19.0 Å². The molecule has 1 aliphatic heterocycles. The largest absolute Gasteiger partial charge is 0.477 e. The number of ether oxygens (including phenoxy) is 1. The number of aromatic amines is 1. The lowest BCUT2D eigenvalue weighted by Gasteiger charge is -2.26. The molecule has 1 aliphatic rings. The quantitative estimate of drug-likeness (QED) is 0.751. The van der Waals surface area contributed by atoms with Crippen LogP contribution < -0.4 is 0 Å². The molecule has 0 unspecified atom stereocenters. The third-order valence-electron chi connectivity index (χ3n) is 3.61. The number of imidazole rings is 1. The molecule has 1 aromatic heterocycles. The number of carbonyl (C=O) groups is 2. The van der Waals surface area contributed by atoms with Gasteiger partial charge < -0.3 is 24.6 Å². The van der Waals surface area contributed by atoms with Crippen molar-refractivity contribution in [2.75, 3.05) is 40.3 Å². The number of hydrogen-bond acceptors (Lipinski definition) is 5. The number of rotatable bonds is 7. The minimum Gasteiger partial charge on any atom is -0.477 e. The number of carbonyl (C=O) groups excluding carboxylic acids is 1. The van der Waals surface area contributed by atoms with E-state index in [2.05, 4.69) is 9.97 Å². The highest BCUT2D eigenvalue weighted by Gasteiger charge is 2.28. The Labute approximate surface area is 129 Å². The Hall–Kier alpha value is -1.93. The summed E-state index contributed by atoms with van der Waals surface area (Å²) in [5.41, 5.74) is -0.226. The second kappa shape index (κ2) is 7.37. The van der Waals surface area contributed by atoms with Crippen molar-refractivity contribution < 1.29 is 19.4 Å². The Bertz CT molecular complexity index is 523. The number of H-pyrrole nitrogens is 1. The Morgan fingerprint density at radius 3 is 2.82 bits per heavy atom. The van der Waals surface area contributed by atoms with Crippen LogP contribution in [0.15, 0.2) is 6.33 Å². The minimum atomic E-state index is -1.19. The van der Waals surface area contributed by atoms with E-state index in [1.165, 1.54) is 6.33 Å². The van der Waals surface area contributed by atoms with Crippen molar-refractivity contribution >= 4 is 11.9 Å². The molecule has 0 saturated carbocycles. The second-order valence-corrected chi connectivity index (χ2v) is 5.62. The Morgan fingerprint density at radius 1 is 1.45 bits per heavy atom. The molecule has 2 N–H and O–H groups in total. The van der Waals surface area contributed by atoms with Crippen molar-refractivity contribution in [3.05, 3.63) is 17.7 Å². The fraction of sp³-hybridized carbons (Fsp3) is 0.643. The summed E-state index contributed by atoms with van der Waals surface area (Å²) in [6.07, 6.45) is 3.15. The lowest BCUT2D eigenvalue weighted by Crippen LogP contribution is -2.41. The Morgan fingerprint density at radius 2 is 2.23 bits per heavy atom. The zero-order valence-corrected chi connectivity index (χ0v) is 12.9. The SMILES string of the molecule is CN(C)CCN(C[C@@H]1CCCO1)C(=O)c1nc[nH]c1C(=O)O. The molecule has 2 heterocycles. The van der Waals surface area contributed by atoms with Gasteiger partial charge in [0.1, 0.15) is 0 Å². The van der Waals surface area contributed by atoms with Gasteiger partial charge in [-0.05, 0) is 26.9 Å². The van der Waals surface area contributed by atoms with Crippen molar-refractivity contribution in [1.82, 2.24) is 19.8 Å². The number of aromatic nitrogens is 2. The molecule has 1 aromatic rings. The molecule has 0 aliphatic carbocycles. The van der Waals surface area contributed by atoms with Crippen LogP contribution in [0, 0.1) is 0 Å². The van der Waals surface area contributed by atoms with Crippen molar-refractivity contribution in [3.8, 4) is 0 Å². The minimum absolute atomic E-state index is 0.0123. The standard InChI is InChI=1S/C14H22N4O4/c1-17(2)5-6-18(8-10-4-3-7-22-10)13(19)11-12(14(20)21)16-9-15-11/h9-10H,3-8H2,1-2H3,(H,15,16)(H,20,21)/t10-/m0/s1. The summed E-state index contributed by atoms with van der Waals surface area (Å²) >= 11 is 0. The average Bonchev–Trinajstić information content (AvgIpc) is 3.13. The first-order valence-electron chi connectivity index (χ1n) is 7.31. The maximum Gasteiger partial charge on any atom is 0.354 e. The van der Waals surface area contributed by atoms with E-state index in [-0.39, 0.29) is 23.4 Å². The van der Waals surface area contributed by atoms with Gasteiger partial charge >= 0.3 is 5.97 Å². The van der Waals surface area contributed by atoms with Crippen LogP contribution in [0.3, 0.4) is 0 Å². The third kappa shape index (κ3) is 4.05. The molecule has 8 nitrogen and oxygen atoms in total. The van der Waals surface area contributed by atoms with E-state index in [0.29, 0.717) is 26.2 Å². The van der Waals surface area contributed by atoms with Crippen LogP contribution >= 0.6 is 0 Å². The van der Waals surface area contributed by atoms with Gasteiger partial charge in [0, 0.05) is 26.2 Å². The van der Waals surface area contributed by atoms with E-state index in [1.54, 1.807) is 4.90 Å². The molecule has 2 rings (SSSR count). The highest BCUT2D eigenvalue weighted by Crippen LogP contribution is 2.15. The van der Waals surface area contributed by atoms with Gasteiger partial charge in [-0.25, -0.2) is 9.78 Å².